The highest BCUT2D eigenvalue weighted by molar-refractivity contribution is 5.95. The second-order valence-corrected chi connectivity index (χ2v) is 6.63. The number of aromatic nitrogens is 2. The first-order valence-corrected chi connectivity index (χ1v) is 7.43. The lowest BCUT2D eigenvalue weighted by Crippen LogP contribution is -2.28. The Morgan fingerprint density at radius 2 is 2.24 bits per heavy atom. The molecule has 1 atom stereocenters. The molecule has 1 amide bonds. The standard InChI is InChI=1S/C15H26N4O.ClH/c1-11-13(10-18-19(11)15(2,3)4)14(20)17-8-6-12-5-7-16-9-12;/h10,12,16H,5-9H2,1-4H3,(H,17,20);1H. The maximum absolute atomic E-state index is 12.2. The van der Waals surface area contributed by atoms with Crippen molar-refractivity contribution in [3.63, 3.8) is 0 Å². The van der Waals surface area contributed by atoms with Gasteiger partial charge in [-0.05, 0) is 59.5 Å². The summed E-state index contributed by atoms with van der Waals surface area (Å²) in [5.41, 5.74) is 1.51. The van der Waals surface area contributed by atoms with E-state index in [1.165, 1.54) is 6.42 Å². The molecule has 1 fully saturated rings. The van der Waals surface area contributed by atoms with Crippen molar-refractivity contribution < 1.29 is 4.79 Å². The zero-order valence-corrected chi connectivity index (χ0v) is 14.2. The Hall–Kier alpha value is -1.07. The first-order valence-electron chi connectivity index (χ1n) is 7.43. The molecule has 0 bridgehead atoms. The third-order valence-electron chi connectivity index (χ3n) is 3.89. The van der Waals surface area contributed by atoms with E-state index in [0.717, 1.165) is 31.7 Å². The maximum atomic E-state index is 12.2. The molecule has 1 aliphatic rings. The molecule has 1 aliphatic heterocycles. The lowest BCUT2D eigenvalue weighted by Gasteiger charge is -2.21. The Kier molecular flexibility index (Phi) is 6.23. The van der Waals surface area contributed by atoms with Gasteiger partial charge in [-0.2, -0.15) is 5.10 Å². The van der Waals surface area contributed by atoms with Gasteiger partial charge >= 0.3 is 0 Å². The molecule has 0 saturated carbocycles. The molecule has 1 saturated heterocycles. The van der Waals surface area contributed by atoms with Gasteiger partial charge < -0.3 is 10.6 Å². The number of carbonyl (C=O) groups is 1. The minimum atomic E-state index is -0.0991. The molecular weight excluding hydrogens is 288 g/mol. The second kappa shape index (κ2) is 7.27. The highest BCUT2D eigenvalue weighted by Crippen LogP contribution is 2.18. The number of nitrogens with one attached hydrogen (secondary N) is 2. The lowest BCUT2D eigenvalue weighted by molar-refractivity contribution is 0.0951. The van der Waals surface area contributed by atoms with Crippen molar-refractivity contribution in [2.75, 3.05) is 19.6 Å². The van der Waals surface area contributed by atoms with E-state index in [1.54, 1.807) is 6.20 Å². The van der Waals surface area contributed by atoms with Crippen LogP contribution in [0.3, 0.4) is 0 Å². The number of hydrogen-bond donors (Lipinski definition) is 2. The molecule has 2 rings (SSSR count). The van der Waals surface area contributed by atoms with Crippen molar-refractivity contribution in [1.29, 1.82) is 0 Å². The molecule has 0 aliphatic carbocycles. The van der Waals surface area contributed by atoms with Crippen molar-refractivity contribution in [2.45, 2.75) is 46.1 Å². The monoisotopic (exact) mass is 314 g/mol. The molecular formula is C15H27ClN4O. The van der Waals surface area contributed by atoms with Crippen LogP contribution in [-0.2, 0) is 5.54 Å². The first kappa shape index (κ1) is 18.0. The van der Waals surface area contributed by atoms with Crippen LogP contribution in [0, 0.1) is 12.8 Å². The van der Waals surface area contributed by atoms with Crippen LogP contribution in [0.25, 0.3) is 0 Å². The van der Waals surface area contributed by atoms with Crippen molar-refractivity contribution in [2.24, 2.45) is 5.92 Å². The van der Waals surface area contributed by atoms with E-state index in [0.29, 0.717) is 11.5 Å². The third kappa shape index (κ3) is 4.45. The maximum Gasteiger partial charge on any atom is 0.254 e. The topological polar surface area (TPSA) is 59.0 Å². The van der Waals surface area contributed by atoms with Gasteiger partial charge in [0.1, 0.15) is 0 Å². The SMILES string of the molecule is Cc1c(C(=O)NCCC2CCNC2)cnn1C(C)(C)C.Cl. The summed E-state index contributed by atoms with van der Waals surface area (Å²) in [5, 5.41) is 10.7. The van der Waals surface area contributed by atoms with Crippen LogP contribution in [0.4, 0.5) is 0 Å². The summed E-state index contributed by atoms with van der Waals surface area (Å²) in [7, 11) is 0. The number of hydrogen-bond acceptors (Lipinski definition) is 3. The number of halogens is 1. The van der Waals surface area contributed by atoms with Crippen LogP contribution >= 0.6 is 12.4 Å². The van der Waals surface area contributed by atoms with Gasteiger partial charge in [0.25, 0.3) is 5.91 Å². The Labute approximate surface area is 133 Å². The fraction of sp³-hybridized carbons (Fsp3) is 0.733. The predicted octanol–water partition coefficient (Wildman–Crippen LogP) is 2.10. The Morgan fingerprint density at radius 1 is 1.52 bits per heavy atom. The van der Waals surface area contributed by atoms with Gasteiger partial charge in [0.15, 0.2) is 0 Å². The Balaban J connectivity index is 0.00000220. The minimum Gasteiger partial charge on any atom is -0.352 e. The molecule has 5 nitrogen and oxygen atoms in total. The molecule has 2 heterocycles. The quantitative estimate of drug-likeness (QED) is 0.895. The number of amides is 1. The molecule has 6 heteroatoms. The van der Waals surface area contributed by atoms with Crippen molar-refractivity contribution >= 4 is 18.3 Å². The molecule has 0 radical (unpaired) electrons. The summed E-state index contributed by atoms with van der Waals surface area (Å²) in [4.78, 5) is 12.2. The zero-order chi connectivity index (χ0) is 14.8. The van der Waals surface area contributed by atoms with Crippen molar-refractivity contribution in [3.05, 3.63) is 17.5 Å². The van der Waals surface area contributed by atoms with Crippen LogP contribution in [0.5, 0.6) is 0 Å². The van der Waals surface area contributed by atoms with Gasteiger partial charge in [0.2, 0.25) is 0 Å². The smallest absolute Gasteiger partial charge is 0.254 e. The average Bonchev–Trinajstić information content (AvgIpc) is 2.97. The van der Waals surface area contributed by atoms with E-state index in [9.17, 15) is 4.79 Å². The van der Waals surface area contributed by atoms with Crippen LogP contribution in [0.1, 0.15) is 49.7 Å². The van der Waals surface area contributed by atoms with Crippen molar-refractivity contribution in [3.8, 4) is 0 Å². The summed E-state index contributed by atoms with van der Waals surface area (Å²) in [6.45, 7) is 11.1. The fourth-order valence-corrected chi connectivity index (χ4v) is 2.75. The Bertz CT molecular complexity index is 473. The van der Waals surface area contributed by atoms with E-state index in [-0.39, 0.29) is 23.9 Å². The second-order valence-electron chi connectivity index (χ2n) is 6.63. The van der Waals surface area contributed by atoms with Crippen LogP contribution < -0.4 is 10.6 Å². The zero-order valence-electron chi connectivity index (χ0n) is 13.4. The van der Waals surface area contributed by atoms with Gasteiger partial charge in [-0.1, -0.05) is 0 Å². The lowest BCUT2D eigenvalue weighted by atomic mass is 10.1. The number of carbonyl (C=O) groups excluding carboxylic acids is 1. The molecule has 1 aromatic rings. The van der Waals surface area contributed by atoms with Gasteiger partial charge in [-0.3, -0.25) is 9.48 Å². The third-order valence-corrected chi connectivity index (χ3v) is 3.89. The summed E-state index contributed by atoms with van der Waals surface area (Å²) in [6.07, 6.45) is 3.94. The normalized spacial score (nSPS) is 18.4. The van der Waals surface area contributed by atoms with Crippen LogP contribution in [0.15, 0.2) is 6.20 Å². The van der Waals surface area contributed by atoms with Crippen molar-refractivity contribution in [1.82, 2.24) is 20.4 Å². The molecule has 1 aromatic heterocycles. The summed E-state index contributed by atoms with van der Waals surface area (Å²) in [6, 6.07) is 0. The Morgan fingerprint density at radius 3 is 2.76 bits per heavy atom. The van der Waals surface area contributed by atoms with Gasteiger partial charge in [0.05, 0.1) is 17.3 Å². The molecule has 21 heavy (non-hydrogen) atoms. The number of rotatable bonds is 4. The average molecular weight is 315 g/mol. The van der Waals surface area contributed by atoms with E-state index >= 15 is 0 Å². The van der Waals surface area contributed by atoms with Gasteiger partial charge in [-0.15, -0.1) is 12.4 Å². The van der Waals surface area contributed by atoms with Crippen LogP contribution in [-0.4, -0.2) is 35.3 Å². The number of nitrogens with zero attached hydrogens (tertiary/aromatic N) is 2. The van der Waals surface area contributed by atoms with Gasteiger partial charge in [0, 0.05) is 12.2 Å². The van der Waals surface area contributed by atoms with E-state index in [4.69, 9.17) is 0 Å². The fourth-order valence-electron chi connectivity index (χ4n) is 2.75. The summed E-state index contributed by atoms with van der Waals surface area (Å²) < 4.78 is 1.91. The van der Waals surface area contributed by atoms with E-state index < -0.39 is 0 Å². The first-order chi connectivity index (χ1) is 9.39. The highest BCUT2D eigenvalue weighted by atomic mass is 35.5. The summed E-state index contributed by atoms with van der Waals surface area (Å²) in [5.74, 6) is 0.692. The molecule has 2 N–H and O–H groups in total. The minimum absolute atomic E-state index is 0. The van der Waals surface area contributed by atoms with Gasteiger partial charge in [-0.25, -0.2) is 0 Å². The largest absolute Gasteiger partial charge is 0.352 e. The molecule has 120 valence electrons. The molecule has 1 unspecified atom stereocenters. The van der Waals surface area contributed by atoms with E-state index in [2.05, 4.69) is 36.5 Å². The summed E-state index contributed by atoms with van der Waals surface area (Å²) >= 11 is 0. The van der Waals surface area contributed by atoms with E-state index in [1.807, 2.05) is 11.6 Å². The molecule has 0 spiro atoms. The van der Waals surface area contributed by atoms with Crippen LogP contribution in [0.2, 0.25) is 0 Å². The predicted molar refractivity (Wildman–Crippen MR) is 87.1 cm³/mol. The molecule has 0 aromatic carbocycles. The highest BCUT2D eigenvalue weighted by Gasteiger charge is 2.21.